The Morgan fingerprint density at radius 3 is 2.39 bits per heavy atom. The molecule has 0 amide bonds. The van der Waals surface area contributed by atoms with Gasteiger partial charge in [0.2, 0.25) is 0 Å². The Morgan fingerprint density at radius 1 is 1.11 bits per heavy atom. The van der Waals surface area contributed by atoms with E-state index in [1.54, 1.807) is 6.20 Å². The summed E-state index contributed by atoms with van der Waals surface area (Å²) < 4.78 is 3.86. The number of hydrogen-bond acceptors (Lipinski definition) is 6. The predicted octanol–water partition coefficient (Wildman–Crippen LogP) is 1.44. The molecule has 1 aromatic carbocycles. The lowest BCUT2D eigenvalue weighted by atomic mass is 10.1. The normalized spacial score (nSPS) is 11.0. The zero-order valence-electron chi connectivity index (χ0n) is 16.1. The van der Waals surface area contributed by atoms with Gasteiger partial charge in [0.15, 0.2) is 10.9 Å². The summed E-state index contributed by atoms with van der Waals surface area (Å²) in [5, 5.41) is 0.624. The van der Waals surface area contributed by atoms with Crippen LogP contribution in [0.2, 0.25) is 0 Å². The van der Waals surface area contributed by atoms with Gasteiger partial charge in [-0.1, -0.05) is 17.8 Å². The number of nitrogens with zero attached hydrogens (tertiary/aromatic N) is 4. The van der Waals surface area contributed by atoms with Crippen LogP contribution in [0.5, 0.6) is 0 Å². The maximum absolute atomic E-state index is 12.7. The highest BCUT2D eigenvalue weighted by atomic mass is 32.2. The standard InChI is InChI=1S/C19H21N5O3S/c1-11-7-12(2)9-13(8-11)24-6-5-21-18(24)28-10-14(25)15-16(20)22(3)19(27)23(4)17(15)26/h5-9H,10,20H2,1-4H3. The molecule has 0 bridgehead atoms. The zero-order valence-corrected chi connectivity index (χ0v) is 16.9. The first-order chi connectivity index (χ1) is 13.2. The molecule has 0 aliphatic carbocycles. The average Bonchev–Trinajstić information content (AvgIpc) is 3.11. The summed E-state index contributed by atoms with van der Waals surface area (Å²) in [5.41, 5.74) is 7.61. The Kier molecular flexibility index (Phi) is 5.28. The minimum Gasteiger partial charge on any atom is -0.384 e. The lowest BCUT2D eigenvalue weighted by Gasteiger charge is -2.11. The molecule has 0 radical (unpaired) electrons. The highest BCUT2D eigenvalue weighted by Gasteiger charge is 2.21. The number of carbonyl (C=O) groups excluding carboxylic acids is 1. The van der Waals surface area contributed by atoms with E-state index in [1.807, 2.05) is 36.7 Å². The molecule has 0 atom stereocenters. The molecular weight excluding hydrogens is 378 g/mol. The van der Waals surface area contributed by atoms with E-state index < -0.39 is 17.0 Å². The first-order valence-corrected chi connectivity index (χ1v) is 9.52. The van der Waals surface area contributed by atoms with Gasteiger partial charge in [-0.15, -0.1) is 0 Å². The van der Waals surface area contributed by atoms with Gasteiger partial charge >= 0.3 is 5.69 Å². The molecule has 0 unspecified atom stereocenters. The van der Waals surface area contributed by atoms with Crippen molar-refractivity contribution in [2.45, 2.75) is 19.0 Å². The van der Waals surface area contributed by atoms with Gasteiger partial charge in [-0.05, 0) is 37.1 Å². The van der Waals surface area contributed by atoms with E-state index in [2.05, 4.69) is 11.1 Å². The Bertz CT molecular complexity index is 1170. The molecule has 9 heteroatoms. The minimum absolute atomic E-state index is 0.0283. The Balaban J connectivity index is 1.89. The average molecular weight is 399 g/mol. The van der Waals surface area contributed by atoms with Crippen molar-refractivity contribution in [2.24, 2.45) is 14.1 Å². The molecule has 2 heterocycles. The summed E-state index contributed by atoms with van der Waals surface area (Å²) in [5.74, 6) is -0.607. The molecule has 2 aromatic heterocycles. The summed E-state index contributed by atoms with van der Waals surface area (Å²) in [6.45, 7) is 4.03. The number of rotatable bonds is 5. The summed E-state index contributed by atoms with van der Waals surface area (Å²) in [7, 11) is 2.74. The van der Waals surface area contributed by atoms with Crippen LogP contribution < -0.4 is 17.0 Å². The maximum Gasteiger partial charge on any atom is 0.332 e. The molecule has 0 aliphatic heterocycles. The van der Waals surface area contributed by atoms with Crippen molar-refractivity contribution in [3.05, 3.63) is 68.1 Å². The van der Waals surface area contributed by atoms with Crippen molar-refractivity contribution in [1.29, 1.82) is 0 Å². The van der Waals surface area contributed by atoms with E-state index in [1.165, 1.54) is 25.9 Å². The maximum atomic E-state index is 12.7. The fourth-order valence-corrected chi connectivity index (χ4v) is 3.85. The molecule has 0 fully saturated rings. The SMILES string of the molecule is Cc1cc(C)cc(-n2ccnc2SCC(=O)c2c(N)n(C)c(=O)n(C)c2=O)c1. The van der Waals surface area contributed by atoms with Crippen LogP contribution in [0.3, 0.4) is 0 Å². The summed E-state index contributed by atoms with van der Waals surface area (Å²) in [6.07, 6.45) is 3.48. The topological polar surface area (TPSA) is 105 Å². The van der Waals surface area contributed by atoms with Gasteiger partial charge in [-0.3, -0.25) is 23.3 Å². The quantitative estimate of drug-likeness (QED) is 0.514. The smallest absolute Gasteiger partial charge is 0.332 e. The van der Waals surface area contributed by atoms with Crippen molar-refractivity contribution in [3.8, 4) is 5.69 Å². The van der Waals surface area contributed by atoms with Gasteiger partial charge in [0, 0.05) is 32.2 Å². The largest absolute Gasteiger partial charge is 0.384 e. The number of aryl methyl sites for hydroxylation is 2. The van der Waals surface area contributed by atoms with Crippen LogP contribution in [0, 0.1) is 13.8 Å². The van der Waals surface area contributed by atoms with Crippen LogP contribution in [0.4, 0.5) is 5.82 Å². The van der Waals surface area contributed by atoms with Crippen molar-refractivity contribution in [3.63, 3.8) is 0 Å². The number of benzene rings is 1. The molecule has 3 rings (SSSR count). The van der Waals surface area contributed by atoms with Crippen molar-refractivity contribution < 1.29 is 4.79 Å². The zero-order chi connectivity index (χ0) is 20.6. The third-order valence-corrected chi connectivity index (χ3v) is 5.38. The van der Waals surface area contributed by atoms with E-state index >= 15 is 0 Å². The number of hydrogen-bond donors (Lipinski definition) is 1. The molecule has 146 valence electrons. The van der Waals surface area contributed by atoms with E-state index in [0.717, 1.165) is 25.9 Å². The van der Waals surface area contributed by atoms with Gasteiger partial charge in [0.05, 0.1) is 5.75 Å². The van der Waals surface area contributed by atoms with Crippen molar-refractivity contribution in [1.82, 2.24) is 18.7 Å². The van der Waals surface area contributed by atoms with Gasteiger partial charge in [0.1, 0.15) is 11.4 Å². The lowest BCUT2D eigenvalue weighted by molar-refractivity contribution is 0.102. The Hall–Kier alpha value is -3.07. The van der Waals surface area contributed by atoms with Crippen LogP contribution >= 0.6 is 11.8 Å². The summed E-state index contributed by atoms with van der Waals surface area (Å²) in [6, 6.07) is 6.14. The molecule has 0 spiro atoms. The molecule has 3 aromatic rings. The number of aromatic nitrogens is 4. The van der Waals surface area contributed by atoms with Crippen LogP contribution in [0.25, 0.3) is 5.69 Å². The second kappa shape index (κ2) is 7.51. The van der Waals surface area contributed by atoms with E-state index in [4.69, 9.17) is 5.73 Å². The van der Waals surface area contributed by atoms with Crippen LogP contribution in [-0.2, 0) is 14.1 Å². The van der Waals surface area contributed by atoms with Crippen LogP contribution in [0.15, 0.2) is 45.3 Å². The Morgan fingerprint density at radius 2 is 1.75 bits per heavy atom. The number of nitrogen functional groups attached to an aromatic ring is 1. The molecule has 28 heavy (non-hydrogen) atoms. The number of Topliss-reactive ketones (excluding diaryl/α,β-unsaturated/α-hetero) is 1. The second-order valence-corrected chi connectivity index (χ2v) is 7.55. The van der Waals surface area contributed by atoms with Gasteiger partial charge in [-0.2, -0.15) is 0 Å². The Labute approximate surface area is 165 Å². The summed E-state index contributed by atoms with van der Waals surface area (Å²) >= 11 is 1.21. The highest BCUT2D eigenvalue weighted by Crippen LogP contribution is 2.23. The number of ketones is 1. The molecule has 0 saturated heterocycles. The number of thioether (sulfide) groups is 1. The molecule has 0 aliphatic rings. The lowest BCUT2D eigenvalue weighted by Crippen LogP contribution is -2.41. The number of imidazole rings is 1. The third kappa shape index (κ3) is 3.53. The first kappa shape index (κ1) is 19.7. The number of carbonyl (C=O) groups is 1. The third-order valence-electron chi connectivity index (χ3n) is 4.41. The second-order valence-electron chi connectivity index (χ2n) is 6.60. The molecule has 8 nitrogen and oxygen atoms in total. The van der Waals surface area contributed by atoms with Gasteiger partial charge in [0.25, 0.3) is 5.56 Å². The number of nitrogens with two attached hydrogens (primary N) is 1. The predicted molar refractivity (Wildman–Crippen MR) is 109 cm³/mol. The highest BCUT2D eigenvalue weighted by molar-refractivity contribution is 7.99. The van der Waals surface area contributed by atoms with E-state index in [-0.39, 0.29) is 17.1 Å². The van der Waals surface area contributed by atoms with Gasteiger partial charge in [-0.25, -0.2) is 9.78 Å². The van der Waals surface area contributed by atoms with Crippen molar-refractivity contribution in [2.75, 3.05) is 11.5 Å². The van der Waals surface area contributed by atoms with Crippen molar-refractivity contribution >= 4 is 23.4 Å². The summed E-state index contributed by atoms with van der Waals surface area (Å²) in [4.78, 5) is 41.3. The minimum atomic E-state index is -0.691. The fourth-order valence-electron chi connectivity index (χ4n) is 3.01. The molecule has 2 N–H and O–H groups in total. The van der Waals surface area contributed by atoms with E-state index in [0.29, 0.717) is 5.16 Å². The monoisotopic (exact) mass is 399 g/mol. The molecule has 0 saturated carbocycles. The first-order valence-electron chi connectivity index (χ1n) is 8.54. The molecular formula is C19H21N5O3S. The fraction of sp³-hybridized carbons (Fsp3) is 0.263. The van der Waals surface area contributed by atoms with Crippen LogP contribution in [0.1, 0.15) is 21.5 Å². The van der Waals surface area contributed by atoms with Crippen LogP contribution in [-0.4, -0.2) is 30.2 Å². The number of anilines is 1. The van der Waals surface area contributed by atoms with Gasteiger partial charge < -0.3 is 5.73 Å². The van der Waals surface area contributed by atoms with E-state index in [9.17, 15) is 14.4 Å².